The molecule has 3 nitrogen and oxygen atoms in total. The molecule has 2 N–H and O–H groups in total. The summed E-state index contributed by atoms with van der Waals surface area (Å²) in [6.07, 6.45) is 0.565. The standard InChI is InChI=1S/C11H11ClO3/c1-6-4-7-2-3-8(12)5-9(7)11(6,15)10(13)14/h2-3,5-6,15H,4H2,1H3,(H,13,14). The summed E-state index contributed by atoms with van der Waals surface area (Å²) in [6, 6.07) is 5.02. The first kappa shape index (κ1) is 10.5. The second kappa shape index (κ2) is 3.22. The van der Waals surface area contributed by atoms with E-state index in [4.69, 9.17) is 16.7 Å². The number of hydrogen-bond donors (Lipinski definition) is 2. The minimum absolute atomic E-state index is 0.330. The Labute approximate surface area is 92.3 Å². The van der Waals surface area contributed by atoms with Crippen LogP contribution in [-0.2, 0) is 16.8 Å². The smallest absolute Gasteiger partial charge is 0.340 e. The van der Waals surface area contributed by atoms with Crippen LogP contribution in [0, 0.1) is 5.92 Å². The molecule has 2 rings (SSSR count). The number of fused-ring (bicyclic) bond motifs is 1. The number of aliphatic hydroxyl groups is 1. The van der Waals surface area contributed by atoms with Crippen molar-refractivity contribution in [1.29, 1.82) is 0 Å². The number of halogens is 1. The first-order valence-corrected chi connectivity index (χ1v) is 5.08. The number of carbonyl (C=O) groups is 1. The van der Waals surface area contributed by atoms with E-state index >= 15 is 0 Å². The van der Waals surface area contributed by atoms with Crippen LogP contribution in [0.2, 0.25) is 5.02 Å². The lowest BCUT2D eigenvalue weighted by atomic mass is 9.89. The van der Waals surface area contributed by atoms with E-state index < -0.39 is 11.6 Å². The average Bonchev–Trinajstić information content (AvgIpc) is 2.42. The third kappa shape index (κ3) is 1.34. The molecular weight excluding hydrogens is 216 g/mol. The quantitative estimate of drug-likeness (QED) is 0.768. The molecule has 0 radical (unpaired) electrons. The summed E-state index contributed by atoms with van der Waals surface area (Å²) in [7, 11) is 0. The molecule has 2 unspecified atom stereocenters. The van der Waals surface area contributed by atoms with Gasteiger partial charge >= 0.3 is 5.97 Å². The Balaban J connectivity index is 2.62. The molecule has 0 saturated heterocycles. The zero-order chi connectivity index (χ0) is 11.2. The Morgan fingerprint density at radius 3 is 2.87 bits per heavy atom. The van der Waals surface area contributed by atoms with Crippen LogP contribution < -0.4 is 0 Å². The summed E-state index contributed by atoms with van der Waals surface area (Å²) in [6.45, 7) is 1.72. The van der Waals surface area contributed by atoms with Crippen molar-refractivity contribution in [3.63, 3.8) is 0 Å². The first-order valence-electron chi connectivity index (χ1n) is 4.71. The molecule has 0 spiro atoms. The van der Waals surface area contributed by atoms with E-state index in [0.717, 1.165) is 5.56 Å². The van der Waals surface area contributed by atoms with Gasteiger partial charge < -0.3 is 10.2 Å². The Hall–Kier alpha value is -1.06. The lowest BCUT2D eigenvalue weighted by Crippen LogP contribution is -2.38. The molecule has 0 fully saturated rings. The van der Waals surface area contributed by atoms with Crippen molar-refractivity contribution in [1.82, 2.24) is 0 Å². The fourth-order valence-corrected chi connectivity index (χ4v) is 2.32. The summed E-state index contributed by atoms with van der Waals surface area (Å²) >= 11 is 5.80. The van der Waals surface area contributed by atoms with Crippen molar-refractivity contribution < 1.29 is 15.0 Å². The van der Waals surface area contributed by atoms with Crippen molar-refractivity contribution >= 4 is 17.6 Å². The largest absolute Gasteiger partial charge is 0.479 e. The fraction of sp³-hybridized carbons (Fsp3) is 0.364. The van der Waals surface area contributed by atoms with Crippen LogP contribution in [0.3, 0.4) is 0 Å². The van der Waals surface area contributed by atoms with Crippen LogP contribution in [0.4, 0.5) is 0 Å². The molecule has 2 atom stereocenters. The maximum atomic E-state index is 11.1. The van der Waals surface area contributed by atoms with Crippen molar-refractivity contribution in [3.8, 4) is 0 Å². The van der Waals surface area contributed by atoms with Gasteiger partial charge in [-0.15, -0.1) is 0 Å². The number of carboxylic acid groups (broad SMARTS) is 1. The lowest BCUT2D eigenvalue weighted by Gasteiger charge is -2.23. The normalized spacial score (nSPS) is 28.9. The van der Waals surface area contributed by atoms with Gasteiger partial charge in [-0.2, -0.15) is 0 Å². The van der Waals surface area contributed by atoms with Gasteiger partial charge in [0.05, 0.1) is 0 Å². The third-order valence-corrected chi connectivity index (χ3v) is 3.28. The molecule has 0 aromatic heterocycles. The van der Waals surface area contributed by atoms with Crippen LogP contribution in [-0.4, -0.2) is 16.2 Å². The number of carboxylic acids is 1. The second-order valence-corrected chi connectivity index (χ2v) is 4.41. The Kier molecular flexibility index (Phi) is 2.24. The number of hydrogen-bond acceptors (Lipinski definition) is 2. The molecule has 15 heavy (non-hydrogen) atoms. The van der Waals surface area contributed by atoms with Gasteiger partial charge in [-0.25, -0.2) is 4.79 Å². The summed E-state index contributed by atoms with van der Waals surface area (Å²) in [5, 5.41) is 19.7. The molecule has 0 aliphatic heterocycles. The first-order chi connectivity index (χ1) is 6.96. The molecule has 0 amide bonds. The molecular formula is C11H11ClO3. The van der Waals surface area contributed by atoms with E-state index in [0.29, 0.717) is 17.0 Å². The fourth-order valence-electron chi connectivity index (χ4n) is 2.15. The number of benzene rings is 1. The molecule has 1 aromatic rings. The highest BCUT2D eigenvalue weighted by molar-refractivity contribution is 6.30. The van der Waals surface area contributed by atoms with Crippen molar-refractivity contribution in [3.05, 3.63) is 34.3 Å². The minimum Gasteiger partial charge on any atom is -0.479 e. The van der Waals surface area contributed by atoms with Gasteiger partial charge in [0.1, 0.15) is 0 Å². The van der Waals surface area contributed by atoms with Gasteiger partial charge in [0.2, 0.25) is 0 Å². The summed E-state index contributed by atoms with van der Waals surface area (Å²) in [5.41, 5.74) is -0.507. The van der Waals surface area contributed by atoms with Crippen molar-refractivity contribution in [2.45, 2.75) is 18.9 Å². The number of aliphatic carboxylic acids is 1. The lowest BCUT2D eigenvalue weighted by molar-refractivity contribution is -0.164. The highest BCUT2D eigenvalue weighted by atomic mass is 35.5. The highest BCUT2D eigenvalue weighted by Gasteiger charge is 2.49. The van der Waals surface area contributed by atoms with Crippen LogP contribution in [0.5, 0.6) is 0 Å². The molecule has 4 heteroatoms. The molecule has 80 valence electrons. The molecule has 0 heterocycles. The molecule has 1 aliphatic rings. The highest BCUT2D eigenvalue weighted by Crippen LogP contribution is 2.42. The Morgan fingerprint density at radius 2 is 2.27 bits per heavy atom. The van der Waals surface area contributed by atoms with E-state index in [1.54, 1.807) is 19.1 Å². The predicted octanol–water partition coefficient (Wildman–Crippen LogP) is 1.80. The third-order valence-electron chi connectivity index (χ3n) is 3.05. The van der Waals surface area contributed by atoms with Crippen LogP contribution in [0.25, 0.3) is 0 Å². The van der Waals surface area contributed by atoms with E-state index in [1.165, 1.54) is 6.07 Å². The summed E-state index contributed by atoms with van der Waals surface area (Å²) in [4.78, 5) is 11.1. The van der Waals surface area contributed by atoms with Gasteiger partial charge in [0.25, 0.3) is 0 Å². The maximum absolute atomic E-state index is 11.1. The molecule has 0 bridgehead atoms. The molecule has 0 saturated carbocycles. The zero-order valence-electron chi connectivity index (χ0n) is 8.20. The SMILES string of the molecule is CC1Cc2ccc(Cl)cc2C1(O)C(=O)O. The van der Waals surface area contributed by atoms with Gasteiger partial charge in [0.15, 0.2) is 5.60 Å². The van der Waals surface area contributed by atoms with Gasteiger partial charge in [-0.05, 0) is 29.7 Å². The maximum Gasteiger partial charge on any atom is 0.340 e. The van der Waals surface area contributed by atoms with Crippen LogP contribution >= 0.6 is 11.6 Å². The van der Waals surface area contributed by atoms with E-state index in [9.17, 15) is 9.90 Å². The Bertz CT molecular complexity index is 430. The van der Waals surface area contributed by atoms with Crippen LogP contribution in [0.1, 0.15) is 18.1 Å². The van der Waals surface area contributed by atoms with Crippen molar-refractivity contribution in [2.75, 3.05) is 0 Å². The number of rotatable bonds is 1. The zero-order valence-corrected chi connectivity index (χ0v) is 8.95. The minimum atomic E-state index is -1.79. The topological polar surface area (TPSA) is 57.5 Å². The molecule has 1 aliphatic carbocycles. The van der Waals surface area contributed by atoms with E-state index in [-0.39, 0.29) is 5.92 Å². The van der Waals surface area contributed by atoms with E-state index in [1.807, 2.05) is 0 Å². The Morgan fingerprint density at radius 1 is 1.60 bits per heavy atom. The predicted molar refractivity (Wildman–Crippen MR) is 55.9 cm³/mol. The molecule has 1 aromatic carbocycles. The van der Waals surface area contributed by atoms with Gasteiger partial charge in [0, 0.05) is 10.9 Å². The van der Waals surface area contributed by atoms with Crippen LogP contribution in [0.15, 0.2) is 18.2 Å². The van der Waals surface area contributed by atoms with Gasteiger partial charge in [-0.1, -0.05) is 24.6 Å². The summed E-state index contributed by atoms with van der Waals surface area (Å²) in [5.74, 6) is -1.54. The monoisotopic (exact) mass is 226 g/mol. The second-order valence-electron chi connectivity index (χ2n) is 3.98. The summed E-state index contributed by atoms with van der Waals surface area (Å²) < 4.78 is 0. The average molecular weight is 227 g/mol. The van der Waals surface area contributed by atoms with E-state index in [2.05, 4.69) is 0 Å². The van der Waals surface area contributed by atoms with Gasteiger partial charge in [-0.3, -0.25) is 0 Å². The van der Waals surface area contributed by atoms with Crippen molar-refractivity contribution in [2.24, 2.45) is 5.92 Å².